The molecular weight excluding hydrogens is 956 g/mol. The van der Waals surface area contributed by atoms with Crippen LogP contribution < -0.4 is 5.53 Å². The van der Waals surface area contributed by atoms with E-state index >= 15 is 0 Å². The predicted molar refractivity (Wildman–Crippen MR) is 277 cm³/mol. The van der Waals surface area contributed by atoms with Gasteiger partial charge in [0.25, 0.3) is 0 Å². The second-order valence-electron chi connectivity index (χ2n) is 23.1. The van der Waals surface area contributed by atoms with Crippen molar-refractivity contribution in [3.05, 3.63) is 53.6 Å². The van der Waals surface area contributed by atoms with Crippen LogP contribution in [0.15, 0.2) is 42.4 Å². The number of esters is 1. The number of likely N-dealkylation sites (N-methyl/N-ethyl adjacent to an activating group) is 1. The lowest BCUT2D eigenvalue weighted by molar-refractivity contribution is -0.275. The van der Waals surface area contributed by atoms with Crippen molar-refractivity contribution < 1.29 is 58.4 Å². The Morgan fingerprint density at radius 2 is 1.69 bits per heavy atom. The van der Waals surface area contributed by atoms with Gasteiger partial charge in [0, 0.05) is 76.4 Å². The summed E-state index contributed by atoms with van der Waals surface area (Å²) in [4.78, 5) is 18.9. The number of alkyl halides is 1. The molecule has 1 unspecified atom stereocenters. The molecule has 0 amide bonds. The van der Waals surface area contributed by atoms with Gasteiger partial charge in [0.1, 0.15) is 36.3 Å². The molecule has 1 aromatic heterocycles. The van der Waals surface area contributed by atoms with Crippen LogP contribution in [-0.4, -0.2) is 198 Å². The first-order valence-electron chi connectivity index (χ1n) is 26.9. The molecule has 0 radical (unpaired) electrons. The highest BCUT2D eigenvalue weighted by atomic mass is 19.1. The highest BCUT2D eigenvalue weighted by molar-refractivity contribution is 5.73. The van der Waals surface area contributed by atoms with Crippen LogP contribution in [0.1, 0.15) is 119 Å². The van der Waals surface area contributed by atoms with Crippen molar-refractivity contribution >= 4 is 5.97 Å². The van der Waals surface area contributed by atoms with E-state index in [-0.39, 0.29) is 43.9 Å². The number of ether oxygens (including phenoxy) is 5. The number of aromatic nitrogens is 3. The molecule has 5 heterocycles. The maximum Gasteiger partial charge on any atom is 0.309 e. The third-order valence-electron chi connectivity index (χ3n) is 17.0. The lowest BCUT2D eigenvalue weighted by Gasteiger charge is -2.51. The molecule has 19 nitrogen and oxygen atoms in total. The van der Waals surface area contributed by atoms with Gasteiger partial charge in [-0.3, -0.25) is 14.8 Å². The summed E-state index contributed by atoms with van der Waals surface area (Å²) in [5, 5.41) is 69.1. The number of carbonyl (C=O) groups is 1. The zero-order valence-corrected chi connectivity index (χ0v) is 46.6. The number of hydrogen-bond acceptors (Lipinski definition) is 18. The van der Waals surface area contributed by atoms with Gasteiger partial charge in [-0.25, -0.2) is 9.07 Å². The van der Waals surface area contributed by atoms with Crippen LogP contribution in [0.25, 0.3) is 5.69 Å². The molecule has 2 aromatic rings. The molecule has 0 bridgehead atoms. The second-order valence-corrected chi connectivity index (χ2v) is 23.1. The standard InChI is InChI=1S/C54H91FN8O11/c1-15-45-54(10,69)48(65)36(6)60(12)28-32(2)25-52(8,68)50(34(4)47(35(5)51(67)73-45)44-26-53(9,70-14)49(66)37(7)72-44)74-46-24-42(22-33(3)71-46)59(11)21-20-41-30-63(58-61(41)13)43(27-55)23-38-16-18-40(19-17-38)62-29-39(31-64)56-57-62/h16-19,29-30,32-37,42-50,58,64-66,68-69H,15,20-28,31H2,1-14H3/t32-,33-,34+,35-,36-,37+,42+,43+,44-,45-,46+,47?,48-,49+,50-,52-,53-,54-/m1/s1. The smallest absolute Gasteiger partial charge is 0.309 e. The second kappa shape index (κ2) is 25.0. The summed E-state index contributed by atoms with van der Waals surface area (Å²) in [7, 11) is 7.44. The molecule has 420 valence electrons. The van der Waals surface area contributed by atoms with Crippen LogP contribution in [-0.2, 0) is 41.5 Å². The number of nitrogens with zero attached hydrogens (tertiary/aromatic N) is 7. The first-order valence-corrected chi connectivity index (χ1v) is 26.9. The number of nitrogens with one attached hydrogen (secondary N) is 1. The number of cyclic esters (lactones) is 1. The molecular formula is C54H91FN8O11. The Bertz CT molecular complexity index is 2140. The largest absolute Gasteiger partial charge is 0.459 e. The van der Waals surface area contributed by atoms with E-state index in [1.165, 1.54) is 6.92 Å². The fraction of sp³-hybridized carbons (Fsp3) is 0.796. The number of hydrazine groups is 2. The number of methoxy groups -OCH3 is 1. The first kappa shape index (κ1) is 59.9. The van der Waals surface area contributed by atoms with Crippen LogP contribution >= 0.6 is 0 Å². The zero-order chi connectivity index (χ0) is 54.6. The zero-order valence-electron chi connectivity index (χ0n) is 46.6. The fourth-order valence-electron chi connectivity index (χ4n) is 12.4. The van der Waals surface area contributed by atoms with Gasteiger partial charge in [-0.2, -0.15) is 0 Å². The number of rotatable bonds is 15. The van der Waals surface area contributed by atoms with E-state index in [9.17, 15) is 34.7 Å². The molecule has 3 fully saturated rings. The monoisotopic (exact) mass is 1050 g/mol. The summed E-state index contributed by atoms with van der Waals surface area (Å²) in [5.41, 5.74) is 2.23. The molecule has 0 saturated carbocycles. The van der Waals surface area contributed by atoms with Gasteiger partial charge in [0.05, 0.1) is 66.1 Å². The minimum Gasteiger partial charge on any atom is -0.459 e. The first-order chi connectivity index (χ1) is 34.8. The summed E-state index contributed by atoms with van der Waals surface area (Å²) in [6, 6.07) is 6.72. The Morgan fingerprint density at radius 1 is 1.00 bits per heavy atom. The van der Waals surface area contributed by atoms with E-state index in [0.717, 1.165) is 23.4 Å². The number of hydrogen-bond donors (Lipinski definition) is 6. The van der Waals surface area contributed by atoms with Gasteiger partial charge in [-0.1, -0.05) is 45.0 Å². The van der Waals surface area contributed by atoms with Crippen molar-refractivity contribution in [1.82, 2.24) is 40.3 Å². The number of aliphatic hydroxyl groups excluding tert-OH is 3. The van der Waals surface area contributed by atoms with E-state index in [0.29, 0.717) is 38.0 Å². The summed E-state index contributed by atoms with van der Waals surface area (Å²) >= 11 is 0. The predicted octanol–water partition coefficient (Wildman–Crippen LogP) is 4.13. The molecule has 4 aliphatic rings. The Balaban J connectivity index is 1.22. The lowest BCUT2D eigenvalue weighted by atomic mass is 9.68. The van der Waals surface area contributed by atoms with Crippen molar-refractivity contribution in [2.24, 2.45) is 23.7 Å². The van der Waals surface area contributed by atoms with Crippen LogP contribution in [0.3, 0.4) is 0 Å². The van der Waals surface area contributed by atoms with Crippen molar-refractivity contribution in [3.63, 3.8) is 0 Å². The summed E-state index contributed by atoms with van der Waals surface area (Å²) in [6.07, 6.45) is 0.327. The van der Waals surface area contributed by atoms with Gasteiger partial charge in [0.15, 0.2) is 6.29 Å². The molecule has 6 rings (SSSR count). The Hall–Kier alpha value is -3.38. The van der Waals surface area contributed by atoms with Crippen molar-refractivity contribution in [1.29, 1.82) is 0 Å². The lowest BCUT2D eigenvalue weighted by Crippen LogP contribution is -2.61. The van der Waals surface area contributed by atoms with Crippen molar-refractivity contribution in [2.75, 3.05) is 48.0 Å². The highest BCUT2D eigenvalue weighted by Crippen LogP contribution is 2.45. The number of aliphatic hydroxyl groups is 5. The van der Waals surface area contributed by atoms with E-state index < -0.39 is 102 Å². The Kier molecular flexibility index (Phi) is 20.2. The minimum absolute atomic E-state index is 0.0346. The Morgan fingerprint density at radius 3 is 2.31 bits per heavy atom. The van der Waals surface area contributed by atoms with Crippen LogP contribution in [0.5, 0.6) is 0 Å². The van der Waals surface area contributed by atoms with Gasteiger partial charge in [0.2, 0.25) is 0 Å². The number of carbonyl (C=O) groups excluding carboxylic acids is 1. The summed E-state index contributed by atoms with van der Waals surface area (Å²) in [6.45, 7) is 18.8. The van der Waals surface area contributed by atoms with E-state index in [4.69, 9.17) is 23.7 Å². The third kappa shape index (κ3) is 13.6. The van der Waals surface area contributed by atoms with E-state index in [1.807, 2.05) is 101 Å². The summed E-state index contributed by atoms with van der Waals surface area (Å²) in [5.74, 6) is -2.82. The maximum atomic E-state index is 14.7. The van der Waals surface area contributed by atoms with Gasteiger partial charge >= 0.3 is 5.97 Å². The Labute approximate surface area is 439 Å². The average Bonchev–Trinajstić information content (AvgIpc) is 4.00. The molecule has 3 saturated heterocycles. The molecule has 74 heavy (non-hydrogen) atoms. The number of halogens is 1. The van der Waals surface area contributed by atoms with E-state index in [2.05, 4.69) is 27.8 Å². The topological polar surface area (TPSA) is 220 Å². The molecule has 18 atom stereocenters. The number of benzene rings is 1. The fourth-order valence-corrected chi connectivity index (χ4v) is 12.4. The normalized spacial score (nSPS) is 38.9. The molecule has 0 aliphatic carbocycles. The quantitative estimate of drug-likeness (QED) is 0.138. The van der Waals surface area contributed by atoms with Gasteiger partial charge < -0.3 is 59.0 Å². The molecule has 4 aliphatic heterocycles. The molecule has 0 spiro atoms. The van der Waals surface area contributed by atoms with E-state index in [1.54, 1.807) is 38.8 Å². The van der Waals surface area contributed by atoms with Crippen LogP contribution in [0, 0.1) is 23.7 Å². The minimum atomic E-state index is -1.80. The van der Waals surface area contributed by atoms with Crippen molar-refractivity contribution in [2.45, 2.75) is 205 Å². The maximum absolute atomic E-state index is 14.7. The van der Waals surface area contributed by atoms with Crippen LogP contribution in [0.4, 0.5) is 4.39 Å². The summed E-state index contributed by atoms with van der Waals surface area (Å²) < 4.78 is 48.9. The molecule has 6 N–H and O–H groups in total. The molecule has 1 aromatic carbocycles. The molecule has 20 heteroatoms. The SMILES string of the molecule is CC[C@H]1OC(=O)[C@H](C)C([C@H]2C[C@@](C)(OC)[C@@H](O)[C@H](C)O2)[C@H](C)[C@@H](O[C@H]2C[C@@H](N(C)CCC3=CN([C@H](CF)Cc4ccc(-n5cc(CO)nn5)cc4)NN3C)C[C@@H](C)O2)[C@](C)(O)C[C@@H](C)CN(C)[C@H](C)[C@@H](O)[C@]1(C)O. The third-order valence-corrected chi connectivity index (χ3v) is 17.0. The van der Waals surface area contributed by atoms with Crippen molar-refractivity contribution in [3.8, 4) is 5.69 Å². The van der Waals surface area contributed by atoms with Gasteiger partial charge in [-0.15, -0.1) is 10.6 Å². The van der Waals surface area contributed by atoms with Crippen LogP contribution in [0.2, 0.25) is 0 Å². The highest BCUT2D eigenvalue weighted by Gasteiger charge is 2.54. The average molecular weight is 1050 g/mol. The van der Waals surface area contributed by atoms with Gasteiger partial charge in [-0.05, 0) is 111 Å².